The molecule has 76 valence electrons. The highest BCUT2D eigenvalue weighted by molar-refractivity contribution is 9.10. The van der Waals surface area contributed by atoms with E-state index in [4.69, 9.17) is 9.47 Å². The van der Waals surface area contributed by atoms with E-state index in [1.807, 2.05) is 6.92 Å². The van der Waals surface area contributed by atoms with Gasteiger partial charge in [0.05, 0.1) is 13.2 Å². The lowest BCUT2D eigenvalue weighted by molar-refractivity contribution is -0.0814. The van der Waals surface area contributed by atoms with E-state index in [0.29, 0.717) is 19.1 Å². The molecule has 2 heterocycles. The van der Waals surface area contributed by atoms with Crippen LogP contribution in [0.3, 0.4) is 0 Å². The van der Waals surface area contributed by atoms with Gasteiger partial charge in [-0.15, -0.1) is 0 Å². The molecule has 1 aliphatic heterocycles. The van der Waals surface area contributed by atoms with Crippen LogP contribution in [-0.2, 0) is 11.2 Å². The summed E-state index contributed by atoms with van der Waals surface area (Å²) in [5.41, 5.74) is 0. The maximum atomic E-state index is 5.57. The molecule has 0 amide bonds. The lowest BCUT2D eigenvalue weighted by Crippen LogP contribution is -2.38. The Hall–Kier alpha value is -0.680. The van der Waals surface area contributed by atoms with E-state index < -0.39 is 0 Å². The Morgan fingerprint density at radius 3 is 2.93 bits per heavy atom. The molecular formula is C9H11BrN2O2. The number of rotatable bonds is 3. The van der Waals surface area contributed by atoms with E-state index >= 15 is 0 Å². The zero-order valence-corrected chi connectivity index (χ0v) is 9.45. The molecule has 5 heteroatoms. The van der Waals surface area contributed by atoms with Crippen LogP contribution in [0.4, 0.5) is 0 Å². The first-order valence-electron chi connectivity index (χ1n) is 4.56. The van der Waals surface area contributed by atoms with Gasteiger partial charge in [-0.2, -0.15) is 4.98 Å². The molecule has 0 N–H and O–H groups in total. The Balaban J connectivity index is 2.11. The fourth-order valence-electron chi connectivity index (χ4n) is 1.11. The summed E-state index contributed by atoms with van der Waals surface area (Å²) in [4.78, 5) is 8.45. The van der Waals surface area contributed by atoms with Crippen molar-refractivity contribution in [2.45, 2.75) is 19.4 Å². The SMILES string of the molecule is CCc1nc(Br)cc(OC2COC2)n1. The van der Waals surface area contributed by atoms with Crippen molar-refractivity contribution < 1.29 is 9.47 Å². The molecule has 0 saturated carbocycles. The van der Waals surface area contributed by atoms with Gasteiger partial charge in [0.2, 0.25) is 5.88 Å². The molecule has 4 nitrogen and oxygen atoms in total. The van der Waals surface area contributed by atoms with Crippen LogP contribution in [0.15, 0.2) is 10.7 Å². The summed E-state index contributed by atoms with van der Waals surface area (Å²) in [6.07, 6.45) is 0.957. The predicted molar refractivity (Wildman–Crippen MR) is 54.3 cm³/mol. The molecule has 0 unspecified atom stereocenters. The van der Waals surface area contributed by atoms with Gasteiger partial charge in [0.15, 0.2) is 0 Å². The Labute approximate surface area is 90.8 Å². The van der Waals surface area contributed by atoms with Crippen molar-refractivity contribution in [1.29, 1.82) is 0 Å². The van der Waals surface area contributed by atoms with E-state index in [-0.39, 0.29) is 6.10 Å². The average Bonchev–Trinajstić information content (AvgIpc) is 2.10. The van der Waals surface area contributed by atoms with Gasteiger partial charge in [0.25, 0.3) is 0 Å². The second-order valence-corrected chi connectivity index (χ2v) is 3.89. The highest BCUT2D eigenvalue weighted by Gasteiger charge is 2.20. The van der Waals surface area contributed by atoms with Gasteiger partial charge in [-0.05, 0) is 15.9 Å². The highest BCUT2D eigenvalue weighted by Crippen LogP contribution is 2.17. The van der Waals surface area contributed by atoms with Crippen LogP contribution in [0.25, 0.3) is 0 Å². The predicted octanol–water partition coefficient (Wildman–Crippen LogP) is 1.58. The van der Waals surface area contributed by atoms with Crippen molar-refractivity contribution in [3.63, 3.8) is 0 Å². The molecule has 1 aromatic heterocycles. The van der Waals surface area contributed by atoms with Gasteiger partial charge in [-0.25, -0.2) is 4.98 Å². The Bertz CT molecular complexity index is 329. The van der Waals surface area contributed by atoms with E-state index in [2.05, 4.69) is 25.9 Å². The molecule has 1 fully saturated rings. The third-order valence-electron chi connectivity index (χ3n) is 1.93. The van der Waals surface area contributed by atoms with E-state index in [1.165, 1.54) is 0 Å². The maximum absolute atomic E-state index is 5.57. The summed E-state index contributed by atoms with van der Waals surface area (Å²) in [5.74, 6) is 1.41. The van der Waals surface area contributed by atoms with E-state index in [1.54, 1.807) is 6.07 Å². The molecule has 0 bridgehead atoms. The largest absolute Gasteiger partial charge is 0.469 e. The Morgan fingerprint density at radius 2 is 2.36 bits per heavy atom. The summed E-state index contributed by atoms with van der Waals surface area (Å²) >= 11 is 3.32. The van der Waals surface area contributed by atoms with Crippen molar-refractivity contribution in [2.24, 2.45) is 0 Å². The van der Waals surface area contributed by atoms with Crippen molar-refractivity contribution in [1.82, 2.24) is 9.97 Å². The molecule has 0 atom stereocenters. The van der Waals surface area contributed by atoms with Crippen LogP contribution in [0, 0.1) is 0 Å². The number of aryl methyl sites for hydroxylation is 1. The van der Waals surface area contributed by atoms with Crippen molar-refractivity contribution in [2.75, 3.05) is 13.2 Å². The number of ether oxygens (including phenoxy) is 2. The number of halogens is 1. The maximum Gasteiger partial charge on any atom is 0.218 e. The summed E-state index contributed by atoms with van der Waals surface area (Å²) in [7, 11) is 0. The van der Waals surface area contributed by atoms with Crippen LogP contribution < -0.4 is 4.74 Å². The molecular weight excluding hydrogens is 248 g/mol. The average molecular weight is 259 g/mol. The van der Waals surface area contributed by atoms with Crippen LogP contribution >= 0.6 is 15.9 Å². The first-order chi connectivity index (χ1) is 6.78. The van der Waals surface area contributed by atoms with E-state index in [9.17, 15) is 0 Å². The minimum atomic E-state index is 0.154. The summed E-state index contributed by atoms with van der Waals surface area (Å²) in [6, 6.07) is 1.78. The van der Waals surface area contributed by atoms with Gasteiger partial charge in [0, 0.05) is 12.5 Å². The van der Waals surface area contributed by atoms with Crippen molar-refractivity contribution in [3.05, 3.63) is 16.5 Å². The molecule has 0 aromatic carbocycles. The Kier molecular flexibility index (Phi) is 2.98. The van der Waals surface area contributed by atoms with Gasteiger partial charge in [0.1, 0.15) is 16.5 Å². The van der Waals surface area contributed by atoms with Gasteiger partial charge < -0.3 is 9.47 Å². The Morgan fingerprint density at radius 1 is 1.57 bits per heavy atom. The van der Waals surface area contributed by atoms with Gasteiger partial charge >= 0.3 is 0 Å². The fourth-order valence-corrected chi connectivity index (χ4v) is 1.51. The number of aromatic nitrogens is 2. The first-order valence-corrected chi connectivity index (χ1v) is 5.35. The minimum absolute atomic E-state index is 0.154. The highest BCUT2D eigenvalue weighted by atomic mass is 79.9. The summed E-state index contributed by atoms with van der Waals surface area (Å²) in [5, 5.41) is 0. The molecule has 0 radical (unpaired) electrons. The molecule has 1 aliphatic rings. The van der Waals surface area contributed by atoms with Crippen LogP contribution in [-0.4, -0.2) is 29.3 Å². The fraction of sp³-hybridized carbons (Fsp3) is 0.556. The smallest absolute Gasteiger partial charge is 0.218 e. The third-order valence-corrected chi connectivity index (χ3v) is 2.34. The van der Waals surface area contributed by atoms with E-state index in [0.717, 1.165) is 16.8 Å². The second-order valence-electron chi connectivity index (χ2n) is 3.08. The lowest BCUT2D eigenvalue weighted by atomic mass is 10.3. The molecule has 0 spiro atoms. The second kappa shape index (κ2) is 4.23. The quantitative estimate of drug-likeness (QED) is 0.773. The zero-order chi connectivity index (χ0) is 9.97. The number of nitrogens with zero attached hydrogens (tertiary/aromatic N) is 2. The van der Waals surface area contributed by atoms with Crippen molar-refractivity contribution >= 4 is 15.9 Å². The molecule has 2 rings (SSSR count). The summed E-state index contributed by atoms with van der Waals surface area (Å²) < 4.78 is 11.3. The lowest BCUT2D eigenvalue weighted by Gasteiger charge is -2.26. The molecule has 1 aromatic rings. The zero-order valence-electron chi connectivity index (χ0n) is 7.86. The minimum Gasteiger partial charge on any atom is -0.469 e. The number of hydrogen-bond donors (Lipinski definition) is 0. The molecule has 0 aliphatic carbocycles. The third kappa shape index (κ3) is 2.22. The van der Waals surface area contributed by atoms with Gasteiger partial charge in [-0.3, -0.25) is 0 Å². The van der Waals surface area contributed by atoms with Crippen LogP contribution in [0.5, 0.6) is 5.88 Å². The van der Waals surface area contributed by atoms with Gasteiger partial charge in [-0.1, -0.05) is 6.92 Å². The van der Waals surface area contributed by atoms with Crippen LogP contribution in [0.2, 0.25) is 0 Å². The van der Waals surface area contributed by atoms with Crippen molar-refractivity contribution in [3.8, 4) is 5.88 Å². The number of hydrogen-bond acceptors (Lipinski definition) is 4. The topological polar surface area (TPSA) is 44.2 Å². The molecule has 14 heavy (non-hydrogen) atoms. The monoisotopic (exact) mass is 258 g/mol. The summed E-state index contributed by atoms with van der Waals surface area (Å²) in [6.45, 7) is 3.32. The first kappa shape index (κ1) is 9.86. The standard InChI is InChI=1S/C9H11BrN2O2/c1-2-8-11-7(10)3-9(12-8)14-6-4-13-5-6/h3,6H,2,4-5H2,1H3. The normalized spacial score (nSPS) is 16.4. The molecule has 1 saturated heterocycles. The van der Waals surface area contributed by atoms with Crippen LogP contribution in [0.1, 0.15) is 12.7 Å².